The summed E-state index contributed by atoms with van der Waals surface area (Å²) in [6.45, 7) is 4.88. The molecule has 0 fully saturated rings. The van der Waals surface area contributed by atoms with Crippen molar-refractivity contribution in [1.82, 2.24) is 5.32 Å². The SMILES string of the molecule is CCNC(Cc1ccc(F)cc1F)c1csc(C)c1. The van der Waals surface area contributed by atoms with Gasteiger partial charge in [-0.15, -0.1) is 11.3 Å². The van der Waals surface area contributed by atoms with Crippen LogP contribution in [0.25, 0.3) is 0 Å². The van der Waals surface area contributed by atoms with Crippen molar-refractivity contribution < 1.29 is 8.78 Å². The van der Waals surface area contributed by atoms with Crippen LogP contribution < -0.4 is 5.32 Å². The van der Waals surface area contributed by atoms with Crippen molar-refractivity contribution in [2.45, 2.75) is 26.3 Å². The van der Waals surface area contributed by atoms with Gasteiger partial charge in [0.05, 0.1) is 0 Å². The molecule has 2 aromatic rings. The summed E-state index contributed by atoms with van der Waals surface area (Å²) in [5, 5.41) is 5.44. The van der Waals surface area contributed by atoms with E-state index in [1.54, 1.807) is 11.3 Å². The maximum atomic E-state index is 13.7. The van der Waals surface area contributed by atoms with Crippen molar-refractivity contribution in [1.29, 1.82) is 0 Å². The Labute approximate surface area is 116 Å². The molecule has 1 atom stereocenters. The maximum absolute atomic E-state index is 13.7. The third-order valence-corrected chi connectivity index (χ3v) is 3.92. The Bertz CT molecular complexity index is 551. The normalized spacial score (nSPS) is 12.6. The topological polar surface area (TPSA) is 12.0 Å². The second-order valence-electron chi connectivity index (χ2n) is 4.54. The van der Waals surface area contributed by atoms with Crippen LogP contribution in [0.2, 0.25) is 0 Å². The van der Waals surface area contributed by atoms with E-state index in [1.807, 2.05) is 6.92 Å². The number of benzene rings is 1. The van der Waals surface area contributed by atoms with Crippen LogP contribution in [0.3, 0.4) is 0 Å². The van der Waals surface area contributed by atoms with Crippen LogP contribution in [-0.4, -0.2) is 6.54 Å². The van der Waals surface area contributed by atoms with E-state index in [4.69, 9.17) is 0 Å². The molecule has 4 heteroatoms. The van der Waals surface area contributed by atoms with Crippen LogP contribution in [0.1, 0.15) is 29.0 Å². The highest BCUT2D eigenvalue weighted by molar-refractivity contribution is 7.10. The molecular formula is C15H17F2NS. The maximum Gasteiger partial charge on any atom is 0.129 e. The highest BCUT2D eigenvalue weighted by atomic mass is 32.1. The fraction of sp³-hybridized carbons (Fsp3) is 0.333. The van der Waals surface area contributed by atoms with Crippen LogP contribution >= 0.6 is 11.3 Å². The molecule has 102 valence electrons. The number of hydrogen-bond donors (Lipinski definition) is 1. The average Bonchev–Trinajstić information content (AvgIpc) is 2.78. The van der Waals surface area contributed by atoms with E-state index in [0.717, 1.165) is 18.2 Å². The highest BCUT2D eigenvalue weighted by Gasteiger charge is 2.15. The Morgan fingerprint density at radius 1 is 1.26 bits per heavy atom. The van der Waals surface area contributed by atoms with Gasteiger partial charge in [0, 0.05) is 17.0 Å². The minimum atomic E-state index is -0.535. The fourth-order valence-electron chi connectivity index (χ4n) is 2.11. The van der Waals surface area contributed by atoms with Gasteiger partial charge in [0.1, 0.15) is 11.6 Å². The van der Waals surface area contributed by atoms with Gasteiger partial charge in [-0.25, -0.2) is 8.78 Å². The van der Waals surface area contributed by atoms with Crippen LogP contribution in [-0.2, 0) is 6.42 Å². The minimum Gasteiger partial charge on any atom is -0.310 e. The molecule has 1 unspecified atom stereocenters. The zero-order valence-corrected chi connectivity index (χ0v) is 11.9. The molecule has 0 aliphatic carbocycles. The summed E-state index contributed by atoms with van der Waals surface area (Å²) >= 11 is 1.68. The van der Waals surface area contributed by atoms with Crippen LogP contribution in [0, 0.1) is 18.6 Å². The number of rotatable bonds is 5. The molecule has 1 aromatic heterocycles. The predicted molar refractivity (Wildman–Crippen MR) is 75.5 cm³/mol. The summed E-state index contributed by atoms with van der Waals surface area (Å²) in [5.41, 5.74) is 1.70. The number of nitrogens with one attached hydrogen (secondary N) is 1. The molecule has 0 aliphatic heterocycles. The first kappa shape index (κ1) is 14.2. The molecule has 0 bridgehead atoms. The summed E-state index contributed by atoms with van der Waals surface area (Å²) in [6, 6.07) is 5.94. The number of thiophene rings is 1. The van der Waals surface area contributed by atoms with E-state index in [0.29, 0.717) is 12.0 Å². The summed E-state index contributed by atoms with van der Waals surface area (Å²) < 4.78 is 26.6. The van der Waals surface area contributed by atoms with E-state index in [1.165, 1.54) is 17.0 Å². The summed E-state index contributed by atoms with van der Waals surface area (Å²) in [4.78, 5) is 1.23. The van der Waals surface area contributed by atoms with Crippen molar-refractivity contribution in [3.63, 3.8) is 0 Å². The molecule has 0 saturated heterocycles. The van der Waals surface area contributed by atoms with Gasteiger partial charge in [0.2, 0.25) is 0 Å². The Morgan fingerprint density at radius 3 is 2.63 bits per heavy atom. The van der Waals surface area contributed by atoms with Crippen molar-refractivity contribution in [3.05, 3.63) is 57.3 Å². The van der Waals surface area contributed by atoms with Gasteiger partial charge in [-0.1, -0.05) is 13.0 Å². The van der Waals surface area contributed by atoms with Gasteiger partial charge >= 0.3 is 0 Å². The summed E-state index contributed by atoms with van der Waals surface area (Å²) in [7, 11) is 0. The van der Waals surface area contributed by atoms with Crippen molar-refractivity contribution in [3.8, 4) is 0 Å². The highest BCUT2D eigenvalue weighted by Crippen LogP contribution is 2.24. The molecule has 1 nitrogen and oxygen atoms in total. The number of likely N-dealkylation sites (N-methyl/N-ethyl adjacent to an activating group) is 1. The zero-order valence-electron chi connectivity index (χ0n) is 11.0. The van der Waals surface area contributed by atoms with Gasteiger partial charge in [-0.3, -0.25) is 0 Å². The van der Waals surface area contributed by atoms with E-state index in [2.05, 4.69) is 23.7 Å². The number of hydrogen-bond acceptors (Lipinski definition) is 2. The lowest BCUT2D eigenvalue weighted by Gasteiger charge is -2.17. The summed E-state index contributed by atoms with van der Waals surface area (Å²) in [6.07, 6.45) is 0.524. The first-order valence-corrected chi connectivity index (χ1v) is 7.20. The fourth-order valence-corrected chi connectivity index (χ4v) is 2.87. The molecule has 19 heavy (non-hydrogen) atoms. The van der Waals surface area contributed by atoms with Crippen molar-refractivity contribution >= 4 is 11.3 Å². The second-order valence-corrected chi connectivity index (χ2v) is 5.66. The van der Waals surface area contributed by atoms with Gasteiger partial charge < -0.3 is 5.32 Å². The molecule has 1 heterocycles. The molecule has 0 aliphatic rings. The number of halogens is 2. The molecule has 0 amide bonds. The zero-order chi connectivity index (χ0) is 13.8. The Hall–Kier alpha value is -1.26. The van der Waals surface area contributed by atoms with E-state index >= 15 is 0 Å². The Morgan fingerprint density at radius 2 is 2.05 bits per heavy atom. The lowest BCUT2D eigenvalue weighted by molar-refractivity contribution is 0.522. The molecule has 1 N–H and O–H groups in total. The van der Waals surface area contributed by atoms with Crippen LogP contribution in [0.5, 0.6) is 0 Å². The van der Waals surface area contributed by atoms with Gasteiger partial charge in [-0.2, -0.15) is 0 Å². The molecule has 2 rings (SSSR count). The van der Waals surface area contributed by atoms with Gasteiger partial charge in [0.25, 0.3) is 0 Å². The quantitative estimate of drug-likeness (QED) is 0.865. The molecule has 0 radical (unpaired) electrons. The lowest BCUT2D eigenvalue weighted by Crippen LogP contribution is -2.22. The third kappa shape index (κ3) is 3.61. The average molecular weight is 281 g/mol. The van der Waals surface area contributed by atoms with Crippen molar-refractivity contribution in [2.24, 2.45) is 0 Å². The molecule has 0 spiro atoms. The standard InChI is InChI=1S/C15H17F2NS/c1-3-18-15(12-6-10(2)19-9-12)7-11-4-5-13(16)8-14(11)17/h4-6,8-9,15,18H,3,7H2,1-2H3. The second kappa shape index (κ2) is 6.26. The molecular weight excluding hydrogens is 264 g/mol. The van der Waals surface area contributed by atoms with Crippen LogP contribution in [0.4, 0.5) is 8.78 Å². The molecule has 0 saturated carbocycles. The minimum absolute atomic E-state index is 0.0647. The van der Waals surface area contributed by atoms with Crippen molar-refractivity contribution in [2.75, 3.05) is 6.54 Å². The number of aryl methyl sites for hydroxylation is 1. The molecule has 1 aromatic carbocycles. The van der Waals surface area contributed by atoms with E-state index in [-0.39, 0.29) is 6.04 Å². The Kier molecular flexibility index (Phi) is 4.66. The summed E-state index contributed by atoms with van der Waals surface area (Å²) in [5.74, 6) is -1.01. The first-order chi connectivity index (χ1) is 9.10. The largest absolute Gasteiger partial charge is 0.310 e. The van der Waals surface area contributed by atoms with E-state index in [9.17, 15) is 8.78 Å². The predicted octanol–water partition coefficient (Wildman–Crippen LogP) is 4.23. The first-order valence-electron chi connectivity index (χ1n) is 6.32. The van der Waals surface area contributed by atoms with Crippen LogP contribution in [0.15, 0.2) is 29.6 Å². The van der Waals surface area contributed by atoms with E-state index < -0.39 is 11.6 Å². The third-order valence-electron chi connectivity index (χ3n) is 3.04. The Balaban J connectivity index is 2.21. The lowest BCUT2D eigenvalue weighted by atomic mass is 10.0. The monoisotopic (exact) mass is 281 g/mol. The smallest absolute Gasteiger partial charge is 0.129 e. The van der Waals surface area contributed by atoms with Gasteiger partial charge in [-0.05, 0) is 48.5 Å². The van der Waals surface area contributed by atoms with Gasteiger partial charge in [0.15, 0.2) is 0 Å².